The number of piperidine rings is 1. The maximum Gasteiger partial charge on any atom is 0.274 e. The molecule has 0 saturated carbocycles. The molecule has 1 N–H and O–H groups in total. The number of aryl methyl sites for hydroxylation is 2. The third-order valence-corrected chi connectivity index (χ3v) is 7.52. The number of likely N-dealkylation sites (N-methyl/N-ethyl adjacent to an activating group) is 1. The van der Waals surface area contributed by atoms with Gasteiger partial charge in [0.1, 0.15) is 22.5 Å². The molecule has 0 unspecified atom stereocenters. The molecule has 10 heteroatoms. The first-order valence-electron chi connectivity index (χ1n) is 12.1. The Bertz CT molecular complexity index is 1580. The molecule has 1 saturated heterocycles. The van der Waals surface area contributed by atoms with Crippen molar-refractivity contribution in [2.45, 2.75) is 32.7 Å². The standard InChI is InChI=1S/C27H27ClFN7O/c1-15-11-22-19(25(28)34(5)33-22)13-23(15)36-16(2)24(27(37)35-10-6-7-18(14-35)30-3)32-26(36)17-8-9-21(31-4)20(29)12-17/h8-9,11-13,18,30H,6-7,10,14H2,1-3,5H3/t18-/m1/s1. The second-order valence-corrected chi connectivity index (χ2v) is 9.79. The highest BCUT2D eigenvalue weighted by molar-refractivity contribution is 6.34. The van der Waals surface area contributed by atoms with Gasteiger partial charge in [-0.3, -0.25) is 14.0 Å². The summed E-state index contributed by atoms with van der Waals surface area (Å²) >= 11 is 6.52. The number of hydrogen-bond acceptors (Lipinski definition) is 4. The summed E-state index contributed by atoms with van der Waals surface area (Å²) in [6.07, 6.45) is 1.92. The maximum atomic E-state index is 14.7. The quantitative estimate of drug-likeness (QED) is 0.376. The zero-order valence-electron chi connectivity index (χ0n) is 21.1. The molecule has 8 nitrogen and oxygen atoms in total. The molecule has 1 amide bonds. The van der Waals surface area contributed by atoms with Crippen LogP contribution in [0.3, 0.4) is 0 Å². The summed E-state index contributed by atoms with van der Waals surface area (Å²) in [4.78, 5) is 23.5. The number of aromatic nitrogens is 4. The van der Waals surface area contributed by atoms with Gasteiger partial charge in [0.25, 0.3) is 5.91 Å². The van der Waals surface area contributed by atoms with E-state index in [1.165, 1.54) is 12.1 Å². The van der Waals surface area contributed by atoms with Crippen molar-refractivity contribution in [2.75, 3.05) is 20.1 Å². The van der Waals surface area contributed by atoms with Gasteiger partial charge >= 0.3 is 0 Å². The van der Waals surface area contributed by atoms with E-state index in [1.54, 1.807) is 17.8 Å². The molecule has 37 heavy (non-hydrogen) atoms. The second kappa shape index (κ2) is 9.61. The predicted molar refractivity (Wildman–Crippen MR) is 142 cm³/mol. The van der Waals surface area contributed by atoms with Crippen LogP contribution in [-0.2, 0) is 7.05 Å². The van der Waals surface area contributed by atoms with E-state index in [-0.39, 0.29) is 17.6 Å². The average Bonchev–Trinajstić information content (AvgIpc) is 3.38. The molecule has 1 aliphatic rings. The summed E-state index contributed by atoms with van der Waals surface area (Å²) < 4.78 is 18.2. The third kappa shape index (κ3) is 4.26. The number of nitrogens with one attached hydrogen (secondary N) is 1. The van der Waals surface area contributed by atoms with E-state index in [1.807, 2.05) is 42.5 Å². The minimum Gasteiger partial charge on any atom is -0.336 e. The number of carbonyl (C=O) groups excluding carboxylic acids is 1. The highest BCUT2D eigenvalue weighted by Gasteiger charge is 2.29. The second-order valence-electron chi connectivity index (χ2n) is 9.43. The van der Waals surface area contributed by atoms with Crippen LogP contribution in [0, 0.1) is 26.2 Å². The van der Waals surface area contributed by atoms with Gasteiger partial charge in [-0.1, -0.05) is 23.7 Å². The van der Waals surface area contributed by atoms with Gasteiger partial charge in [-0.15, -0.1) is 0 Å². The van der Waals surface area contributed by atoms with Crippen molar-refractivity contribution in [3.8, 4) is 17.1 Å². The molecule has 2 aromatic heterocycles. The number of benzene rings is 2. The highest BCUT2D eigenvalue weighted by atomic mass is 35.5. The van der Waals surface area contributed by atoms with Crippen LogP contribution >= 0.6 is 11.6 Å². The largest absolute Gasteiger partial charge is 0.336 e. The summed E-state index contributed by atoms with van der Waals surface area (Å²) in [5, 5.41) is 8.99. The summed E-state index contributed by atoms with van der Waals surface area (Å²) in [6.45, 7) is 12.2. The number of hydrogen-bond donors (Lipinski definition) is 1. The Balaban J connectivity index is 1.72. The van der Waals surface area contributed by atoms with Crippen molar-refractivity contribution in [1.82, 2.24) is 29.5 Å². The van der Waals surface area contributed by atoms with Gasteiger partial charge < -0.3 is 10.2 Å². The number of fused-ring (bicyclic) bond motifs is 1. The molecule has 1 atom stereocenters. The van der Waals surface area contributed by atoms with Gasteiger partial charge in [0.2, 0.25) is 5.69 Å². The topological polar surface area (TPSA) is 72.3 Å². The highest BCUT2D eigenvalue weighted by Crippen LogP contribution is 2.34. The minimum absolute atomic E-state index is 0.0685. The first kappa shape index (κ1) is 24.9. The zero-order chi connectivity index (χ0) is 26.4. The van der Waals surface area contributed by atoms with Crippen molar-refractivity contribution in [3.05, 3.63) is 69.7 Å². The molecule has 190 valence electrons. The number of amides is 1. The van der Waals surface area contributed by atoms with E-state index >= 15 is 0 Å². The Morgan fingerprint density at radius 1 is 1.27 bits per heavy atom. The number of rotatable bonds is 4. The summed E-state index contributed by atoms with van der Waals surface area (Å²) in [5.74, 6) is -0.377. The predicted octanol–water partition coefficient (Wildman–Crippen LogP) is 5.21. The van der Waals surface area contributed by atoms with Gasteiger partial charge in [0.15, 0.2) is 0 Å². The van der Waals surface area contributed by atoms with Gasteiger partial charge in [0, 0.05) is 37.1 Å². The molecule has 1 aliphatic heterocycles. The lowest BCUT2D eigenvalue weighted by Gasteiger charge is -2.32. The van der Waals surface area contributed by atoms with E-state index in [2.05, 4.69) is 15.3 Å². The van der Waals surface area contributed by atoms with Crippen molar-refractivity contribution < 1.29 is 9.18 Å². The molecule has 0 spiro atoms. The lowest BCUT2D eigenvalue weighted by molar-refractivity contribution is 0.0692. The first-order chi connectivity index (χ1) is 17.7. The molecular formula is C27H27ClFN7O. The number of carbonyl (C=O) groups is 1. The fourth-order valence-electron chi connectivity index (χ4n) is 5.03. The van der Waals surface area contributed by atoms with Gasteiger partial charge in [-0.2, -0.15) is 5.10 Å². The van der Waals surface area contributed by atoms with Crippen molar-refractivity contribution in [2.24, 2.45) is 7.05 Å². The molecule has 3 heterocycles. The van der Waals surface area contributed by atoms with Gasteiger partial charge in [-0.25, -0.2) is 14.2 Å². The summed E-state index contributed by atoms with van der Waals surface area (Å²) in [6, 6.07) is 8.48. The van der Waals surface area contributed by atoms with Crippen molar-refractivity contribution in [1.29, 1.82) is 0 Å². The normalized spacial score (nSPS) is 15.8. The van der Waals surface area contributed by atoms with Crippen LogP contribution in [0.2, 0.25) is 5.15 Å². The van der Waals surface area contributed by atoms with Crippen LogP contribution in [0.15, 0.2) is 30.3 Å². The SMILES string of the molecule is [C-]#[N+]c1ccc(-c2nc(C(=O)N3CCC[C@@H](NC)C3)c(C)n2-c2cc3c(Cl)n(C)nc3cc2C)cc1F. The van der Waals surface area contributed by atoms with E-state index in [0.717, 1.165) is 35.0 Å². The van der Waals surface area contributed by atoms with Gasteiger partial charge in [-0.05, 0) is 57.5 Å². The molecule has 0 radical (unpaired) electrons. The van der Waals surface area contributed by atoms with Crippen LogP contribution in [0.5, 0.6) is 0 Å². The third-order valence-electron chi connectivity index (χ3n) is 7.07. The number of imidazole rings is 1. The average molecular weight is 520 g/mol. The Kier molecular flexibility index (Phi) is 6.48. The molecular weight excluding hydrogens is 493 g/mol. The Morgan fingerprint density at radius 2 is 2.05 bits per heavy atom. The van der Waals surface area contributed by atoms with Crippen molar-refractivity contribution in [3.63, 3.8) is 0 Å². The lowest BCUT2D eigenvalue weighted by atomic mass is 10.1. The number of nitrogens with zero attached hydrogens (tertiary/aromatic N) is 6. The van der Waals surface area contributed by atoms with Gasteiger partial charge in [0.05, 0.1) is 23.5 Å². The minimum atomic E-state index is -0.636. The van der Waals surface area contributed by atoms with Crippen molar-refractivity contribution >= 4 is 34.1 Å². The van der Waals surface area contributed by atoms with Crippen LogP contribution in [0.4, 0.5) is 10.1 Å². The van der Waals surface area contributed by atoms with E-state index < -0.39 is 5.82 Å². The first-order valence-corrected chi connectivity index (χ1v) is 12.5. The van der Waals surface area contributed by atoms with E-state index in [4.69, 9.17) is 23.2 Å². The van der Waals surface area contributed by atoms with Crippen LogP contribution in [0.1, 0.15) is 34.6 Å². The lowest BCUT2D eigenvalue weighted by Crippen LogP contribution is -2.47. The van der Waals surface area contributed by atoms with E-state index in [9.17, 15) is 9.18 Å². The zero-order valence-corrected chi connectivity index (χ0v) is 21.9. The molecule has 0 bridgehead atoms. The molecule has 5 rings (SSSR count). The van der Waals surface area contributed by atoms with Crippen LogP contribution in [-0.4, -0.2) is 56.3 Å². The fraction of sp³-hybridized carbons (Fsp3) is 0.333. The molecule has 0 aliphatic carbocycles. The smallest absolute Gasteiger partial charge is 0.274 e. The molecule has 4 aromatic rings. The van der Waals surface area contributed by atoms with Crippen LogP contribution < -0.4 is 5.32 Å². The maximum absolute atomic E-state index is 14.7. The summed E-state index contributed by atoms with van der Waals surface area (Å²) in [7, 11) is 3.68. The van der Waals surface area contributed by atoms with Crippen LogP contribution in [0.25, 0.3) is 32.8 Å². The number of likely N-dealkylation sites (tertiary alicyclic amines) is 1. The Labute approximate surface area is 219 Å². The Morgan fingerprint density at radius 3 is 2.76 bits per heavy atom. The molecule has 2 aromatic carbocycles. The molecule has 1 fully saturated rings. The Hall–Kier alpha value is -3.74. The monoisotopic (exact) mass is 519 g/mol. The fourth-order valence-corrected chi connectivity index (χ4v) is 5.22. The van der Waals surface area contributed by atoms with E-state index in [0.29, 0.717) is 41.0 Å². The summed E-state index contributed by atoms with van der Waals surface area (Å²) in [5.41, 5.74) is 3.78. The number of halogens is 2.